The molecule has 0 radical (unpaired) electrons. The lowest BCUT2D eigenvalue weighted by Crippen LogP contribution is -2.15. The number of benzene rings is 1. The number of ether oxygens (including phenoxy) is 2. The summed E-state index contributed by atoms with van der Waals surface area (Å²) >= 11 is 11.9. The van der Waals surface area contributed by atoms with Gasteiger partial charge in [0.25, 0.3) is 0 Å². The predicted octanol–water partition coefficient (Wildman–Crippen LogP) is 3.50. The Kier molecular flexibility index (Phi) is 5.59. The molecule has 0 amide bonds. The molecule has 0 fully saturated rings. The van der Waals surface area contributed by atoms with E-state index in [1.54, 1.807) is 19.1 Å². The predicted molar refractivity (Wildman–Crippen MR) is 68.0 cm³/mol. The van der Waals surface area contributed by atoms with Crippen molar-refractivity contribution in [2.75, 3.05) is 13.2 Å². The van der Waals surface area contributed by atoms with Gasteiger partial charge in [0.1, 0.15) is 5.75 Å². The van der Waals surface area contributed by atoms with E-state index in [9.17, 15) is 4.79 Å². The molecule has 0 aliphatic heterocycles. The number of aryl methyl sites for hydroxylation is 1. The van der Waals surface area contributed by atoms with Gasteiger partial charge < -0.3 is 9.47 Å². The summed E-state index contributed by atoms with van der Waals surface area (Å²) in [7, 11) is 0. The third-order valence-electron chi connectivity index (χ3n) is 2.11. The Morgan fingerprint density at radius 3 is 2.59 bits per heavy atom. The van der Waals surface area contributed by atoms with Gasteiger partial charge in [-0.05, 0) is 31.0 Å². The average Bonchev–Trinajstić information content (AvgIpc) is 2.27. The zero-order chi connectivity index (χ0) is 12.8. The van der Waals surface area contributed by atoms with E-state index in [1.165, 1.54) is 0 Å². The van der Waals surface area contributed by atoms with Crippen molar-refractivity contribution >= 4 is 29.2 Å². The summed E-state index contributed by atoms with van der Waals surface area (Å²) in [5.74, 6) is 0.0761. The van der Waals surface area contributed by atoms with Crippen LogP contribution in [0.15, 0.2) is 12.1 Å². The number of esters is 1. The average molecular weight is 277 g/mol. The van der Waals surface area contributed by atoms with E-state index < -0.39 is 5.97 Å². The molecule has 0 saturated carbocycles. The van der Waals surface area contributed by atoms with E-state index in [2.05, 4.69) is 0 Å². The lowest BCUT2D eigenvalue weighted by molar-refractivity contribution is -0.145. The molecule has 0 saturated heterocycles. The van der Waals surface area contributed by atoms with Crippen molar-refractivity contribution in [3.05, 3.63) is 27.7 Å². The van der Waals surface area contributed by atoms with Crippen molar-refractivity contribution in [1.82, 2.24) is 0 Å². The number of rotatable bonds is 5. The molecule has 94 valence electrons. The van der Waals surface area contributed by atoms with Gasteiger partial charge in [-0.3, -0.25) is 0 Å². The van der Waals surface area contributed by atoms with Gasteiger partial charge in [0.15, 0.2) is 6.61 Å². The second kappa shape index (κ2) is 6.72. The summed E-state index contributed by atoms with van der Waals surface area (Å²) in [4.78, 5) is 11.2. The first-order valence-corrected chi connectivity index (χ1v) is 6.10. The molecular formula is C12H14Cl2O3. The molecule has 3 nitrogen and oxygen atoms in total. The summed E-state index contributed by atoms with van der Waals surface area (Å²) in [6.45, 7) is 3.88. The quantitative estimate of drug-likeness (QED) is 0.773. The Morgan fingerprint density at radius 2 is 2.00 bits per heavy atom. The second-order valence-corrected chi connectivity index (χ2v) is 4.17. The normalized spacial score (nSPS) is 10.1. The third kappa shape index (κ3) is 4.10. The monoisotopic (exact) mass is 276 g/mol. The molecule has 0 atom stereocenters. The van der Waals surface area contributed by atoms with Crippen LogP contribution in [0, 0.1) is 0 Å². The zero-order valence-corrected chi connectivity index (χ0v) is 11.3. The molecule has 1 aromatic carbocycles. The van der Waals surface area contributed by atoms with Crippen LogP contribution in [0.3, 0.4) is 0 Å². The highest BCUT2D eigenvalue weighted by Crippen LogP contribution is 2.32. The minimum absolute atomic E-state index is 0.151. The van der Waals surface area contributed by atoms with E-state index in [0.29, 0.717) is 22.4 Å². The van der Waals surface area contributed by atoms with Crippen LogP contribution in [0.5, 0.6) is 5.75 Å². The molecule has 0 bridgehead atoms. The number of carbonyl (C=O) groups is 1. The van der Waals surface area contributed by atoms with E-state index in [-0.39, 0.29) is 6.61 Å². The molecule has 17 heavy (non-hydrogen) atoms. The van der Waals surface area contributed by atoms with Crippen LogP contribution in [-0.4, -0.2) is 19.2 Å². The highest BCUT2D eigenvalue weighted by atomic mass is 35.5. The standard InChI is InChI=1S/C12H14Cl2O3/c1-3-8-5-9(13)6-10(14)12(8)17-7-11(15)16-4-2/h5-6H,3-4,7H2,1-2H3. The number of hydrogen-bond acceptors (Lipinski definition) is 3. The molecule has 5 heteroatoms. The van der Waals surface area contributed by atoms with Gasteiger partial charge in [-0.25, -0.2) is 4.79 Å². The van der Waals surface area contributed by atoms with Crippen LogP contribution in [0.25, 0.3) is 0 Å². The van der Waals surface area contributed by atoms with Gasteiger partial charge in [0.2, 0.25) is 0 Å². The van der Waals surface area contributed by atoms with Crippen molar-refractivity contribution in [2.24, 2.45) is 0 Å². The maximum absolute atomic E-state index is 11.2. The van der Waals surface area contributed by atoms with Gasteiger partial charge in [-0.15, -0.1) is 0 Å². The Balaban J connectivity index is 2.79. The van der Waals surface area contributed by atoms with Crippen LogP contribution in [-0.2, 0) is 16.0 Å². The first kappa shape index (κ1) is 14.1. The summed E-state index contributed by atoms with van der Waals surface area (Å²) in [5, 5.41) is 0.953. The molecule has 0 spiro atoms. The van der Waals surface area contributed by atoms with Crippen molar-refractivity contribution in [2.45, 2.75) is 20.3 Å². The number of carbonyl (C=O) groups excluding carboxylic acids is 1. The molecule has 0 aromatic heterocycles. The van der Waals surface area contributed by atoms with Gasteiger partial charge in [-0.1, -0.05) is 30.1 Å². The Morgan fingerprint density at radius 1 is 1.29 bits per heavy atom. The molecule has 1 aromatic rings. The molecule has 0 N–H and O–H groups in total. The Bertz CT molecular complexity index is 405. The van der Waals surface area contributed by atoms with E-state index >= 15 is 0 Å². The minimum atomic E-state index is -0.416. The SMILES string of the molecule is CCOC(=O)COc1c(Cl)cc(Cl)cc1CC. The molecule has 0 unspecified atom stereocenters. The largest absolute Gasteiger partial charge is 0.480 e. The van der Waals surface area contributed by atoms with Crippen LogP contribution in [0.1, 0.15) is 19.4 Å². The lowest BCUT2D eigenvalue weighted by Gasteiger charge is -2.12. The van der Waals surface area contributed by atoms with Crippen molar-refractivity contribution in [3.8, 4) is 5.75 Å². The first-order valence-electron chi connectivity index (χ1n) is 5.34. The minimum Gasteiger partial charge on any atom is -0.480 e. The van der Waals surface area contributed by atoms with Gasteiger partial charge >= 0.3 is 5.97 Å². The van der Waals surface area contributed by atoms with E-state index in [4.69, 9.17) is 32.7 Å². The van der Waals surface area contributed by atoms with E-state index in [1.807, 2.05) is 6.92 Å². The lowest BCUT2D eigenvalue weighted by atomic mass is 10.1. The molecule has 1 rings (SSSR count). The molecule has 0 heterocycles. The van der Waals surface area contributed by atoms with Gasteiger partial charge in [0, 0.05) is 5.02 Å². The van der Waals surface area contributed by atoms with Crippen molar-refractivity contribution in [3.63, 3.8) is 0 Å². The van der Waals surface area contributed by atoms with Crippen LogP contribution in [0.4, 0.5) is 0 Å². The van der Waals surface area contributed by atoms with Crippen LogP contribution >= 0.6 is 23.2 Å². The number of halogens is 2. The first-order chi connectivity index (χ1) is 8.08. The topological polar surface area (TPSA) is 35.5 Å². The maximum Gasteiger partial charge on any atom is 0.344 e. The molecule has 0 aliphatic rings. The Labute approximate surface area is 111 Å². The maximum atomic E-state index is 11.2. The third-order valence-corrected chi connectivity index (χ3v) is 2.60. The summed E-state index contributed by atoms with van der Waals surface area (Å²) in [5.41, 5.74) is 0.867. The summed E-state index contributed by atoms with van der Waals surface area (Å²) < 4.78 is 10.1. The van der Waals surface area contributed by atoms with Crippen LogP contribution in [0.2, 0.25) is 10.0 Å². The fraction of sp³-hybridized carbons (Fsp3) is 0.417. The van der Waals surface area contributed by atoms with Crippen LogP contribution < -0.4 is 4.74 Å². The summed E-state index contributed by atoms with van der Waals surface area (Å²) in [6, 6.07) is 3.36. The van der Waals surface area contributed by atoms with Crippen molar-refractivity contribution in [1.29, 1.82) is 0 Å². The fourth-order valence-corrected chi connectivity index (χ4v) is 1.96. The number of hydrogen-bond donors (Lipinski definition) is 0. The molecule has 0 aliphatic carbocycles. The van der Waals surface area contributed by atoms with E-state index in [0.717, 1.165) is 12.0 Å². The summed E-state index contributed by atoms with van der Waals surface area (Å²) in [6.07, 6.45) is 0.721. The Hall–Kier alpha value is -0.930. The highest BCUT2D eigenvalue weighted by molar-refractivity contribution is 6.35. The van der Waals surface area contributed by atoms with Gasteiger partial charge in [-0.2, -0.15) is 0 Å². The van der Waals surface area contributed by atoms with Gasteiger partial charge in [0.05, 0.1) is 11.6 Å². The highest BCUT2D eigenvalue weighted by Gasteiger charge is 2.11. The fourth-order valence-electron chi connectivity index (χ4n) is 1.37. The molecular weight excluding hydrogens is 263 g/mol. The van der Waals surface area contributed by atoms with Crippen molar-refractivity contribution < 1.29 is 14.3 Å². The zero-order valence-electron chi connectivity index (χ0n) is 9.76. The smallest absolute Gasteiger partial charge is 0.344 e. The second-order valence-electron chi connectivity index (χ2n) is 3.32.